The fraction of sp³-hybridized carbons (Fsp3) is 0.700. The topological polar surface area (TPSA) is 76.3 Å². The molecule has 1 aliphatic carbocycles. The minimum atomic E-state index is -3.42. The number of nitrogen functional groups attached to an aromatic ring is 1. The lowest BCUT2D eigenvalue weighted by Crippen LogP contribution is -2.35. The smallest absolute Gasteiger partial charge is 0.254 e. The Bertz CT molecular complexity index is 504. The zero-order chi connectivity index (χ0) is 12.6. The van der Waals surface area contributed by atoms with Crippen molar-refractivity contribution in [2.24, 2.45) is 0 Å². The number of hydrogen-bond acceptors (Lipinski definition) is 5. The summed E-state index contributed by atoms with van der Waals surface area (Å²) in [6.45, 7) is 1.68. The second kappa shape index (κ2) is 4.55. The van der Waals surface area contributed by atoms with Gasteiger partial charge in [0.25, 0.3) is 10.0 Å². The van der Waals surface area contributed by atoms with Gasteiger partial charge < -0.3 is 5.73 Å². The fourth-order valence-electron chi connectivity index (χ4n) is 2.24. The van der Waals surface area contributed by atoms with Crippen molar-refractivity contribution < 1.29 is 8.42 Å². The molecule has 7 heteroatoms. The van der Waals surface area contributed by atoms with Gasteiger partial charge in [-0.3, -0.25) is 0 Å². The number of nitrogens with zero attached hydrogens (tertiary/aromatic N) is 2. The zero-order valence-electron chi connectivity index (χ0n) is 10.0. The van der Waals surface area contributed by atoms with Crippen molar-refractivity contribution in [3.05, 3.63) is 5.69 Å². The average Bonchev–Trinajstić information content (AvgIpc) is 2.86. The van der Waals surface area contributed by atoms with Crippen LogP contribution in [0.1, 0.15) is 31.4 Å². The molecule has 0 spiro atoms. The van der Waals surface area contributed by atoms with E-state index in [0.29, 0.717) is 10.8 Å². The van der Waals surface area contributed by atoms with Crippen molar-refractivity contribution in [1.82, 2.24) is 9.29 Å². The number of hydrogen-bond donors (Lipinski definition) is 1. The molecule has 17 heavy (non-hydrogen) atoms. The van der Waals surface area contributed by atoms with E-state index in [1.54, 1.807) is 14.0 Å². The third kappa shape index (κ3) is 2.31. The van der Waals surface area contributed by atoms with Crippen molar-refractivity contribution >= 4 is 26.5 Å². The van der Waals surface area contributed by atoms with Crippen molar-refractivity contribution in [3.63, 3.8) is 0 Å². The lowest BCUT2D eigenvalue weighted by atomic mass is 10.3. The van der Waals surface area contributed by atoms with Crippen LogP contribution in [0.25, 0.3) is 0 Å². The fourth-order valence-corrected chi connectivity index (χ4v) is 5.12. The second-order valence-electron chi connectivity index (χ2n) is 4.38. The number of anilines is 1. The highest BCUT2D eigenvalue weighted by Gasteiger charge is 2.32. The van der Waals surface area contributed by atoms with Crippen LogP contribution in [0.5, 0.6) is 0 Å². The third-order valence-electron chi connectivity index (χ3n) is 3.22. The monoisotopic (exact) mass is 275 g/mol. The van der Waals surface area contributed by atoms with Crippen molar-refractivity contribution in [1.29, 1.82) is 0 Å². The van der Waals surface area contributed by atoms with E-state index in [2.05, 4.69) is 4.98 Å². The summed E-state index contributed by atoms with van der Waals surface area (Å²) in [5.41, 5.74) is 6.05. The van der Waals surface area contributed by atoms with Gasteiger partial charge in [-0.05, 0) is 19.8 Å². The Morgan fingerprint density at radius 1 is 1.41 bits per heavy atom. The lowest BCUT2D eigenvalue weighted by molar-refractivity contribution is 0.373. The van der Waals surface area contributed by atoms with Gasteiger partial charge in [-0.1, -0.05) is 24.2 Å². The molecule has 0 aliphatic heterocycles. The predicted molar refractivity (Wildman–Crippen MR) is 68.5 cm³/mol. The van der Waals surface area contributed by atoms with Crippen molar-refractivity contribution in [3.8, 4) is 0 Å². The minimum absolute atomic E-state index is 0.128. The van der Waals surface area contributed by atoms with Crippen LogP contribution in [-0.4, -0.2) is 30.8 Å². The first kappa shape index (κ1) is 12.8. The normalized spacial score (nSPS) is 18.1. The van der Waals surface area contributed by atoms with Crippen LogP contribution in [0.15, 0.2) is 4.21 Å². The van der Waals surface area contributed by atoms with Gasteiger partial charge >= 0.3 is 0 Å². The van der Waals surface area contributed by atoms with Crippen molar-refractivity contribution in [2.75, 3.05) is 12.8 Å². The van der Waals surface area contributed by atoms with E-state index < -0.39 is 10.0 Å². The van der Waals surface area contributed by atoms with Gasteiger partial charge in [0.2, 0.25) is 0 Å². The molecular weight excluding hydrogens is 258 g/mol. The van der Waals surface area contributed by atoms with Gasteiger partial charge in [-0.15, -0.1) is 0 Å². The zero-order valence-corrected chi connectivity index (χ0v) is 11.6. The van der Waals surface area contributed by atoms with Gasteiger partial charge in [-0.2, -0.15) is 4.31 Å². The number of aryl methyl sites for hydroxylation is 1. The summed E-state index contributed by atoms with van der Waals surface area (Å²) in [6, 6.07) is 0.128. The van der Waals surface area contributed by atoms with E-state index in [0.717, 1.165) is 37.0 Å². The van der Waals surface area contributed by atoms with Crippen LogP contribution >= 0.6 is 11.3 Å². The number of aromatic nitrogens is 1. The molecule has 1 heterocycles. The minimum Gasteiger partial charge on any atom is -0.375 e. The number of thiazole rings is 1. The van der Waals surface area contributed by atoms with Crippen LogP contribution in [0, 0.1) is 6.92 Å². The van der Waals surface area contributed by atoms with E-state index in [1.807, 2.05) is 0 Å². The quantitative estimate of drug-likeness (QED) is 0.909. The first-order chi connectivity index (χ1) is 7.93. The molecule has 2 N–H and O–H groups in total. The number of rotatable bonds is 3. The molecule has 0 atom stereocenters. The summed E-state index contributed by atoms with van der Waals surface area (Å²) in [5.74, 6) is 0. The Balaban J connectivity index is 2.32. The van der Waals surface area contributed by atoms with Gasteiger partial charge in [0.1, 0.15) is 0 Å². The average molecular weight is 275 g/mol. The predicted octanol–water partition coefficient (Wildman–Crippen LogP) is 1.60. The van der Waals surface area contributed by atoms with E-state index in [4.69, 9.17) is 5.73 Å². The highest BCUT2D eigenvalue weighted by Crippen LogP contribution is 2.31. The molecule has 0 radical (unpaired) electrons. The molecule has 0 saturated heterocycles. The maximum atomic E-state index is 12.4. The van der Waals surface area contributed by atoms with Crippen LogP contribution in [0.4, 0.5) is 5.13 Å². The molecule has 1 saturated carbocycles. The van der Waals surface area contributed by atoms with Crippen LogP contribution < -0.4 is 5.73 Å². The summed E-state index contributed by atoms with van der Waals surface area (Å²) < 4.78 is 26.6. The lowest BCUT2D eigenvalue weighted by Gasteiger charge is -2.22. The Morgan fingerprint density at radius 2 is 2.00 bits per heavy atom. The SMILES string of the molecule is Cc1nc(N)sc1S(=O)(=O)N(C)C1CCCC1. The van der Waals surface area contributed by atoms with Crippen molar-refractivity contribution in [2.45, 2.75) is 42.9 Å². The molecule has 0 unspecified atom stereocenters. The first-order valence-corrected chi connectivity index (χ1v) is 7.89. The molecule has 0 amide bonds. The van der Waals surface area contributed by atoms with Crippen LogP contribution in [0.2, 0.25) is 0 Å². The third-order valence-corrected chi connectivity index (χ3v) is 6.71. The maximum absolute atomic E-state index is 12.4. The summed E-state index contributed by atoms with van der Waals surface area (Å²) >= 11 is 1.05. The highest BCUT2D eigenvalue weighted by atomic mass is 32.2. The molecule has 1 aliphatic rings. The van der Waals surface area contributed by atoms with Gasteiger partial charge in [0.05, 0.1) is 5.69 Å². The Morgan fingerprint density at radius 3 is 2.47 bits per heavy atom. The second-order valence-corrected chi connectivity index (χ2v) is 7.61. The van der Waals surface area contributed by atoms with E-state index >= 15 is 0 Å². The molecule has 96 valence electrons. The van der Waals surface area contributed by atoms with Crippen LogP contribution in [0.3, 0.4) is 0 Å². The number of sulfonamides is 1. The largest absolute Gasteiger partial charge is 0.375 e. The van der Waals surface area contributed by atoms with Gasteiger partial charge in [-0.25, -0.2) is 13.4 Å². The molecule has 5 nitrogen and oxygen atoms in total. The number of nitrogens with two attached hydrogens (primary N) is 1. The first-order valence-electron chi connectivity index (χ1n) is 5.64. The molecule has 2 rings (SSSR count). The molecule has 0 bridgehead atoms. The summed E-state index contributed by atoms with van der Waals surface area (Å²) in [6.07, 6.45) is 4.11. The van der Waals surface area contributed by atoms with E-state index in [-0.39, 0.29) is 10.3 Å². The highest BCUT2D eigenvalue weighted by molar-refractivity contribution is 7.91. The molecule has 1 aromatic rings. The Hall–Kier alpha value is -0.660. The van der Waals surface area contributed by atoms with Crippen LogP contribution in [-0.2, 0) is 10.0 Å². The Kier molecular flexibility index (Phi) is 3.42. The molecule has 1 aromatic heterocycles. The maximum Gasteiger partial charge on any atom is 0.254 e. The summed E-state index contributed by atoms with van der Waals surface area (Å²) in [4.78, 5) is 3.98. The summed E-state index contributed by atoms with van der Waals surface area (Å²) in [5, 5.41) is 0.306. The Labute approximate surface area is 106 Å². The summed E-state index contributed by atoms with van der Waals surface area (Å²) in [7, 11) is -1.77. The van der Waals surface area contributed by atoms with E-state index in [1.165, 1.54) is 4.31 Å². The standard InChI is InChI=1S/C10H17N3O2S2/c1-7-9(16-10(11)12-7)17(14,15)13(2)8-5-3-4-6-8/h8H,3-6H2,1-2H3,(H2,11,12). The molecular formula is C10H17N3O2S2. The van der Waals surface area contributed by atoms with E-state index in [9.17, 15) is 8.42 Å². The molecule has 0 aromatic carbocycles. The van der Waals surface area contributed by atoms with Gasteiger partial charge in [0, 0.05) is 13.1 Å². The van der Waals surface area contributed by atoms with Gasteiger partial charge in [0.15, 0.2) is 9.34 Å². The molecule has 1 fully saturated rings.